The van der Waals surface area contributed by atoms with Gasteiger partial charge in [-0.15, -0.1) is 0 Å². The largest absolute Gasteiger partial charge is 0.310 e. The van der Waals surface area contributed by atoms with E-state index in [9.17, 15) is 0 Å². The van der Waals surface area contributed by atoms with Gasteiger partial charge in [-0.25, -0.2) is 0 Å². The Morgan fingerprint density at radius 3 is 2.89 bits per heavy atom. The molecule has 2 unspecified atom stereocenters. The fourth-order valence-electron chi connectivity index (χ4n) is 3.20. The summed E-state index contributed by atoms with van der Waals surface area (Å²) in [5, 5.41) is 3.72. The van der Waals surface area contributed by atoms with Gasteiger partial charge < -0.3 is 10.2 Å². The number of rotatable bonds is 5. The number of aryl methyl sites for hydroxylation is 1. The van der Waals surface area contributed by atoms with Crippen LogP contribution < -0.4 is 5.32 Å². The molecular formula is C17H26N2. The van der Waals surface area contributed by atoms with Gasteiger partial charge >= 0.3 is 0 Å². The van der Waals surface area contributed by atoms with E-state index in [1.807, 2.05) is 0 Å². The molecule has 104 valence electrons. The minimum absolute atomic E-state index is 0.467. The molecule has 1 saturated heterocycles. The Hall–Kier alpha value is -0.860. The summed E-state index contributed by atoms with van der Waals surface area (Å²) in [6.07, 6.45) is 4.27. The SMILES string of the molecule is Cc1cccc(C(C)NCC2CCN(C3CC3)C2)c1. The highest BCUT2D eigenvalue weighted by molar-refractivity contribution is 5.24. The first kappa shape index (κ1) is 13.1. The first-order valence-corrected chi connectivity index (χ1v) is 7.76. The lowest BCUT2D eigenvalue weighted by Gasteiger charge is -2.19. The molecule has 0 amide bonds. The van der Waals surface area contributed by atoms with Gasteiger partial charge in [-0.2, -0.15) is 0 Å². The van der Waals surface area contributed by atoms with Crippen LogP contribution in [0.4, 0.5) is 0 Å². The molecule has 0 aromatic heterocycles. The van der Waals surface area contributed by atoms with Gasteiger partial charge in [0, 0.05) is 18.6 Å². The molecule has 0 bridgehead atoms. The predicted molar refractivity (Wildman–Crippen MR) is 80.3 cm³/mol. The monoisotopic (exact) mass is 258 g/mol. The lowest BCUT2D eigenvalue weighted by Crippen LogP contribution is -2.29. The van der Waals surface area contributed by atoms with Crippen molar-refractivity contribution in [1.29, 1.82) is 0 Å². The van der Waals surface area contributed by atoms with Crippen LogP contribution in [0.5, 0.6) is 0 Å². The summed E-state index contributed by atoms with van der Waals surface area (Å²) in [5.74, 6) is 0.854. The average molecular weight is 258 g/mol. The van der Waals surface area contributed by atoms with E-state index in [0.717, 1.165) is 12.0 Å². The van der Waals surface area contributed by atoms with Crippen molar-refractivity contribution in [2.75, 3.05) is 19.6 Å². The molecule has 1 N–H and O–H groups in total. The van der Waals surface area contributed by atoms with Crippen molar-refractivity contribution < 1.29 is 0 Å². The Balaban J connectivity index is 1.46. The number of hydrogen-bond donors (Lipinski definition) is 1. The van der Waals surface area contributed by atoms with E-state index in [1.165, 1.54) is 50.0 Å². The van der Waals surface area contributed by atoms with Gasteiger partial charge in [0.1, 0.15) is 0 Å². The Kier molecular flexibility index (Phi) is 3.90. The summed E-state index contributed by atoms with van der Waals surface area (Å²) in [6.45, 7) is 8.26. The highest BCUT2D eigenvalue weighted by atomic mass is 15.2. The van der Waals surface area contributed by atoms with Gasteiger partial charge in [-0.1, -0.05) is 29.8 Å². The van der Waals surface area contributed by atoms with Gasteiger partial charge in [0.15, 0.2) is 0 Å². The van der Waals surface area contributed by atoms with Crippen molar-refractivity contribution in [2.24, 2.45) is 5.92 Å². The van der Waals surface area contributed by atoms with E-state index in [2.05, 4.69) is 48.3 Å². The number of nitrogens with one attached hydrogen (secondary N) is 1. The van der Waals surface area contributed by atoms with E-state index in [-0.39, 0.29) is 0 Å². The lowest BCUT2D eigenvalue weighted by atomic mass is 10.0. The third-order valence-electron chi connectivity index (χ3n) is 4.64. The molecule has 2 heteroatoms. The molecule has 0 spiro atoms. The van der Waals surface area contributed by atoms with E-state index < -0.39 is 0 Å². The summed E-state index contributed by atoms with van der Waals surface area (Å²) in [4.78, 5) is 2.70. The second-order valence-electron chi connectivity index (χ2n) is 6.42. The first-order valence-electron chi connectivity index (χ1n) is 7.76. The Bertz CT molecular complexity index is 425. The topological polar surface area (TPSA) is 15.3 Å². The molecule has 1 aliphatic carbocycles. The van der Waals surface area contributed by atoms with E-state index >= 15 is 0 Å². The average Bonchev–Trinajstić information content (AvgIpc) is 3.15. The van der Waals surface area contributed by atoms with Crippen molar-refractivity contribution >= 4 is 0 Å². The van der Waals surface area contributed by atoms with E-state index in [0.29, 0.717) is 6.04 Å². The van der Waals surface area contributed by atoms with Crippen LogP contribution in [0.25, 0.3) is 0 Å². The third kappa shape index (κ3) is 3.37. The highest BCUT2D eigenvalue weighted by Crippen LogP contribution is 2.31. The molecule has 2 fully saturated rings. The molecule has 19 heavy (non-hydrogen) atoms. The normalized spacial score (nSPS) is 25.7. The third-order valence-corrected chi connectivity index (χ3v) is 4.64. The standard InChI is InChI=1S/C17H26N2/c1-13-4-3-5-16(10-13)14(2)18-11-15-8-9-19(12-15)17-6-7-17/h3-5,10,14-15,17-18H,6-9,11-12H2,1-2H3. The molecule has 1 aliphatic heterocycles. The minimum atomic E-state index is 0.467. The van der Waals surface area contributed by atoms with Gasteiger partial charge in [0.25, 0.3) is 0 Å². The van der Waals surface area contributed by atoms with Gasteiger partial charge in [-0.3, -0.25) is 0 Å². The zero-order chi connectivity index (χ0) is 13.2. The van der Waals surface area contributed by atoms with Crippen LogP contribution in [0.1, 0.15) is 43.4 Å². The zero-order valence-electron chi connectivity index (χ0n) is 12.2. The molecule has 1 saturated carbocycles. The van der Waals surface area contributed by atoms with Crippen LogP contribution in [-0.4, -0.2) is 30.6 Å². The quantitative estimate of drug-likeness (QED) is 0.873. The fraction of sp³-hybridized carbons (Fsp3) is 0.647. The van der Waals surface area contributed by atoms with Crippen molar-refractivity contribution in [1.82, 2.24) is 10.2 Å². The molecule has 0 radical (unpaired) electrons. The maximum atomic E-state index is 3.72. The molecular weight excluding hydrogens is 232 g/mol. The second kappa shape index (κ2) is 5.64. The summed E-state index contributed by atoms with van der Waals surface area (Å²) in [6, 6.07) is 10.3. The molecule has 2 atom stereocenters. The lowest BCUT2D eigenvalue weighted by molar-refractivity contribution is 0.310. The van der Waals surface area contributed by atoms with E-state index in [4.69, 9.17) is 0 Å². The van der Waals surface area contributed by atoms with Crippen LogP contribution in [0, 0.1) is 12.8 Å². The van der Waals surface area contributed by atoms with Crippen LogP contribution in [0.3, 0.4) is 0 Å². The van der Waals surface area contributed by atoms with Crippen molar-refractivity contribution in [3.8, 4) is 0 Å². The maximum absolute atomic E-state index is 3.72. The van der Waals surface area contributed by atoms with Crippen LogP contribution in [-0.2, 0) is 0 Å². The zero-order valence-corrected chi connectivity index (χ0v) is 12.2. The van der Waals surface area contributed by atoms with E-state index in [1.54, 1.807) is 0 Å². The van der Waals surface area contributed by atoms with Gasteiger partial charge in [0.05, 0.1) is 0 Å². The second-order valence-corrected chi connectivity index (χ2v) is 6.42. The number of benzene rings is 1. The summed E-state index contributed by atoms with van der Waals surface area (Å²) in [7, 11) is 0. The summed E-state index contributed by atoms with van der Waals surface area (Å²) in [5.41, 5.74) is 2.77. The Morgan fingerprint density at radius 2 is 2.16 bits per heavy atom. The van der Waals surface area contributed by atoms with Crippen LogP contribution in [0.15, 0.2) is 24.3 Å². The molecule has 2 aliphatic rings. The summed E-state index contributed by atoms with van der Waals surface area (Å²) >= 11 is 0. The van der Waals surface area contributed by atoms with Crippen molar-refractivity contribution in [2.45, 2.75) is 45.2 Å². The Labute approximate surface area is 117 Å². The smallest absolute Gasteiger partial charge is 0.0292 e. The molecule has 3 rings (SSSR count). The van der Waals surface area contributed by atoms with Crippen LogP contribution in [0.2, 0.25) is 0 Å². The fourth-order valence-corrected chi connectivity index (χ4v) is 3.20. The van der Waals surface area contributed by atoms with Gasteiger partial charge in [0.2, 0.25) is 0 Å². The highest BCUT2D eigenvalue weighted by Gasteiger charge is 2.34. The first-order chi connectivity index (χ1) is 9.22. The number of likely N-dealkylation sites (tertiary alicyclic amines) is 1. The van der Waals surface area contributed by atoms with Crippen molar-refractivity contribution in [3.05, 3.63) is 35.4 Å². The maximum Gasteiger partial charge on any atom is 0.0292 e. The molecule has 1 aromatic carbocycles. The Morgan fingerprint density at radius 1 is 1.32 bits per heavy atom. The molecule has 1 aromatic rings. The number of hydrogen-bond acceptors (Lipinski definition) is 2. The van der Waals surface area contributed by atoms with Crippen molar-refractivity contribution in [3.63, 3.8) is 0 Å². The summed E-state index contributed by atoms with van der Waals surface area (Å²) < 4.78 is 0. The van der Waals surface area contributed by atoms with Gasteiger partial charge in [-0.05, 0) is 57.7 Å². The minimum Gasteiger partial charge on any atom is -0.310 e. The number of nitrogens with zero attached hydrogens (tertiary/aromatic N) is 1. The predicted octanol–water partition coefficient (Wildman–Crippen LogP) is 3.13. The molecule has 1 heterocycles. The van der Waals surface area contributed by atoms with Crippen LogP contribution >= 0.6 is 0 Å². The molecule has 2 nitrogen and oxygen atoms in total.